The maximum atomic E-state index is 3.54. The summed E-state index contributed by atoms with van der Waals surface area (Å²) >= 11 is 0. The fourth-order valence-corrected chi connectivity index (χ4v) is 2.06. The van der Waals surface area contributed by atoms with Gasteiger partial charge in [-0.15, -0.1) is 0 Å². The third-order valence-electron chi connectivity index (χ3n) is 2.74. The van der Waals surface area contributed by atoms with E-state index in [2.05, 4.69) is 22.9 Å². The molecule has 0 aromatic heterocycles. The molecule has 2 heteroatoms. The molecule has 1 saturated carbocycles. The lowest BCUT2D eigenvalue weighted by Crippen LogP contribution is -2.57. The van der Waals surface area contributed by atoms with Crippen LogP contribution in [-0.4, -0.2) is 12.2 Å². The van der Waals surface area contributed by atoms with Crippen LogP contribution in [0.1, 0.15) is 32.1 Å². The van der Waals surface area contributed by atoms with Crippen molar-refractivity contribution in [3.8, 4) is 0 Å². The molecule has 1 spiro atoms. The zero-order valence-electron chi connectivity index (χ0n) is 6.90. The Morgan fingerprint density at radius 2 is 1.91 bits per heavy atom. The first kappa shape index (κ1) is 7.17. The highest BCUT2D eigenvalue weighted by atomic mass is 15.2. The molecule has 2 nitrogen and oxygen atoms in total. The Labute approximate surface area is 68.1 Å². The first-order chi connectivity index (χ1) is 5.41. The molecule has 2 aliphatic rings. The predicted molar refractivity (Wildman–Crippen MR) is 46.1 cm³/mol. The molecule has 1 aliphatic heterocycles. The molecule has 1 heterocycles. The minimum Gasteiger partial charge on any atom is -0.373 e. The summed E-state index contributed by atoms with van der Waals surface area (Å²) in [6.45, 7) is 1.03. The van der Waals surface area contributed by atoms with Crippen LogP contribution < -0.4 is 10.6 Å². The Kier molecular flexibility index (Phi) is 1.86. The van der Waals surface area contributed by atoms with Crippen molar-refractivity contribution in [1.82, 2.24) is 10.6 Å². The molecule has 0 aromatic carbocycles. The van der Waals surface area contributed by atoms with Gasteiger partial charge in [0.05, 0.1) is 5.66 Å². The fourth-order valence-electron chi connectivity index (χ4n) is 2.06. The lowest BCUT2D eigenvalue weighted by Gasteiger charge is -2.40. The second-order valence-corrected chi connectivity index (χ2v) is 3.57. The molecule has 1 aliphatic carbocycles. The first-order valence-corrected chi connectivity index (χ1v) is 4.59. The molecule has 0 unspecified atom stereocenters. The van der Waals surface area contributed by atoms with Gasteiger partial charge in [0, 0.05) is 6.54 Å². The minimum atomic E-state index is 0.271. The normalized spacial score (nSPS) is 28.4. The van der Waals surface area contributed by atoms with Gasteiger partial charge in [-0.1, -0.05) is 12.5 Å². The molecular weight excluding hydrogens is 136 g/mol. The van der Waals surface area contributed by atoms with Crippen LogP contribution in [0.2, 0.25) is 0 Å². The van der Waals surface area contributed by atoms with Gasteiger partial charge in [-0.05, 0) is 31.9 Å². The number of hydrogen-bond acceptors (Lipinski definition) is 2. The second-order valence-electron chi connectivity index (χ2n) is 3.57. The average molecular weight is 152 g/mol. The SMILES string of the molecule is C1=CNC2(CCCCC2)NC1. The van der Waals surface area contributed by atoms with Gasteiger partial charge in [-0.3, -0.25) is 5.32 Å². The molecule has 62 valence electrons. The largest absolute Gasteiger partial charge is 0.373 e. The molecular formula is C9H16N2. The Balaban J connectivity index is 2.01. The van der Waals surface area contributed by atoms with Crippen LogP contribution in [0.3, 0.4) is 0 Å². The Morgan fingerprint density at radius 1 is 1.09 bits per heavy atom. The Hall–Kier alpha value is -0.500. The fraction of sp³-hybridized carbons (Fsp3) is 0.778. The predicted octanol–water partition coefficient (Wildman–Crippen LogP) is 1.35. The molecule has 2 N–H and O–H groups in total. The van der Waals surface area contributed by atoms with Crippen molar-refractivity contribution in [2.75, 3.05) is 6.54 Å². The average Bonchev–Trinajstić information content (AvgIpc) is 2.07. The number of nitrogens with one attached hydrogen (secondary N) is 2. The molecule has 11 heavy (non-hydrogen) atoms. The summed E-state index contributed by atoms with van der Waals surface area (Å²) in [5.74, 6) is 0. The Bertz CT molecular complexity index is 157. The van der Waals surface area contributed by atoms with Crippen molar-refractivity contribution in [2.24, 2.45) is 0 Å². The van der Waals surface area contributed by atoms with Crippen molar-refractivity contribution in [1.29, 1.82) is 0 Å². The highest BCUT2D eigenvalue weighted by Crippen LogP contribution is 2.26. The van der Waals surface area contributed by atoms with E-state index in [9.17, 15) is 0 Å². The van der Waals surface area contributed by atoms with Crippen LogP contribution in [0.15, 0.2) is 12.3 Å². The minimum absolute atomic E-state index is 0.271. The summed E-state index contributed by atoms with van der Waals surface area (Å²) in [6.07, 6.45) is 11.0. The summed E-state index contributed by atoms with van der Waals surface area (Å²) in [6, 6.07) is 0. The Morgan fingerprint density at radius 3 is 2.55 bits per heavy atom. The second kappa shape index (κ2) is 2.86. The molecule has 2 rings (SSSR count). The van der Waals surface area contributed by atoms with Crippen LogP contribution >= 0.6 is 0 Å². The third-order valence-corrected chi connectivity index (χ3v) is 2.74. The van der Waals surface area contributed by atoms with Crippen molar-refractivity contribution in [2.45, 2.75) is 37.8 Å². The van der Waals surface area contributed by atoms with Gasteiger partial charge in [-0.2, -0.15) is 0 Å². The molecule has 1 fully saturated rings. The van der Waals surface area contributed by atoms with Gasteiger partial charge < -0.3 is 5.32 Å². The van der Waals surface area contributed by atoms with E-state index in [0.717, 1.165) is 6.54 Å². The van der Waals surface area contributed by atoms with E-state index in [1.807, 2.05) is 0 Å². The van der Waals surface area contributed by atoms with Crippen molar-refractivity contribution >= 4 is 0 Å². The van der Waals surface area contributed by atoms with E-state index < -0.39 is 0 Å². The monoisotopic (exact) mass is 152 g/mol. The van der Waals surface area contributed by atoms with Crippen molar-refractivity contribution in [3.63, 3.8) is 0 Å². The standard InChI is InChI=1S/C9H16N2/c1-2-5-9(6-3-1)10-7-4-8-11-9/h4,7,10-11H,1-3,5-6,8H2. The van der Waals surface area contributed by atoms with Crippen LogP contribution in [0.5, 0.6) is 0 Å². The van der Waals surface area contributed by atoms with Gasteiger partial charge in [-0.25, -0.2) is 0 Å². The molecule has 0 atom stereocenters. The van der Waals surface area contributed by atoms with E-state index in [4.69, 9.17) is 0 Å². The van der Waals surface area contributed by atoms with Gasteiger partial charge in [0.25, 0.3) is 0 Å². The van der Waals surface area contributed by atoms with Crippen LogP contribution in [0.4, 0.5) is 0 Å². The maximum absolute atomic E-state index is 3.54. The topological polar surface area (TPSA) is 24.1 Å². The van der Waals surface area contributed by atoms with E-state index in [1.165, 1.54) is 32.1 Å². The van der Waals surface area contributed by atoms with Crippen molar-refractivity contribution < 1.29 is 0 Å². The molecule has 0 bridgehead atoms. The highest BCUT2D eigenvalue weighted by molar-refractivity contribution is 5.00. The van der Waals surface area contributed by atoms with Crippen LogP contribution in [0, 0.1) is 0 Å². The zero-order valence-corrected chi connectivity index (χ0v) is 6.90. The summed E-state index contributed by atoms with van der Waals surface area (Å²) < 4.78 is 0. The smallest absolute Gasteiger partial charge is 0.0879 e. The number of rotatable bonds is 0. The van der Waals surface area contributed by atoms with Crippen molar-refractivity contribution in [3.05, 3.63) is 12.3 Å². The van der Waals surface area contributed by atoms with E-state index in [0.29, 0.717) is 0 Å². The van der Waals surface area contributed by atoms with E-state index >= 15 is 0 Å². The lowest BCUT2D eigenvalue weighted by molar-refractivity contribution is 0.202. The first-order valence-electron chi connectivity index (χ1n) is 4.59. The third kappa shape index (κ3) is 1.41. The highest BCUT2D eigenvalue weighted by Gasteiger charge is 2.30. The summed E-state index contributed by atoms with van der Waals surface area (Å²) in [7, 11) is 0. The molecule has 0 saturated heterocycles. The molecule has 0 amide bonds. The zero-order chi connectivity index (χ0) is 7.57. The van der Waals surface area contributed by atoms with Gasteiger partial charge in [0.2, 0.25) is 0 Å². The van der Waals surface area contributed by atoms with Gasteiger partial charge in [0.1, 0.15) is 0 Å². The summed E-state index contributed by atoms with van der Waals surface area (Å²) in [5.41, 5.74) is 0.271. The quantitative estimate of drug-likeness (QED) is 0.547. The lowest BCUT2D eigenvalue weighted by atomic mass is 9.88. The van der Waals surface area contributed by atoms with Gasteiger partial charge >= 0.3 is 0 Å². The summed E-state index contributed by atoms with van der Waals surface area (Å²) in [4.78, 5) is 0. The van der Waals surface area contributed by atoms with E-state index in [-0.39, 0.29) is 5.66 Å². The maximum Gasteiger partial charge on any atom is 0.0879 e. The molecule has 0 radical (unpaired) electrons. The van der Waals surface area contributed by atoms with E-state index in [1.54, 1.807) is 0 Å². The van der Waals surface area contributed by atoms with Gasteiger partial charge in [0.15, 0.2) is 0 Å². The van der Waals surface area contributed by atoms with Crippen LogP contribution in [0.25, 0.3) is 0 Å². The number of hydrogen-bond donors (Lipinski definition) is 2. The molecule has 0 aromatic rings. The summed E-state index contributed by atoms with van der Waals surface area (Å²) in [5, 5.41) is 6.98. The van der Waals surface area contributed by atoms with Crippen LogP contribution in [-0.2, 0) is 0 Å².